The molecular formula is C28H32N4O4. The van der Waals surface area contributed by atoms with Crippen LogP contribution in [0, 0.1) is 0 Å². The molecule has 1 aromatic heterocycles. The van der Waals surface area contributed by atoms with Crippen LogP contribution in [-0.4, -0.2) is 64.6 Å². The van der Waals surface area contributed by atoms with Crippen LogP contribution in [0.2, 0.25) is 0 Å². The maximum absolute atomic E-state index is 13.6. The SMILES string of the molecule is CN1CCCCCCN(C(=O)c2ccc(=O)[nH]n2)[C@@H](Cc2ccccc2)COc2ccccc2C1=O. The molecule has 8 heteroatoms. The Bertz CT molecular complexity index is 1210. The minimum absolute atomic E-state index is 0.0763. The lowest BCUT2D eigenvalue weighted by Crippen LogP contribution is -2.46. The molecule has 188 valence electrons. The minimum atomic E-state index is -0.358. The first-order chi connectivity index (χ1) is 17.5. The zero-order valence-electron chi connectivity index (χ0n) is 20.6. The molecule has 0 spiro atoms. The third-order valence-corrected chi connectivity index (χ3v) is 6.45. The summed E-state index contributed by atoms with van der Waals surface area (Å²) < 4.78 is 6.25. The van der Waals surface area contributed by atoms with Gasteiger partial charge in [-0.3, -0.25) is 14.4 Å². The summed E-state index contributed by atoms with van der Waals surface area (Å²) in [6, 6.07) is 19.7. The lowest BCUT2D eigenvalue weighted by Gasteiger charge is -2.32. The monoisotopic (exact) mass is 488 g/mol. The van der Waals surface area contributed by atoms with E-state index >= 15 is 0 Å². The number of hydrogen-bond donors (Lipinski definition) is 1. The number of para-hydroxylation sites is 1. The predicted octanol–water partition coefficient (Wildman–Crippen LogP) is 3.55. The second-order valence-corrected chi connectivity index (χ2v) is 9.10. The van der Waals surface area contributed by atoms with E-state index in [0.717, 1.165) is 31.2 Å². The standard InChI is InChI=1S/C28H32N4O4/c1-31-17-9-2-3-10-18-32(28(35)24-15-16-26(33)30-29-24)22(19-21-11-5-4-6-12-21)20-36-25-14-8-7-13-23(25)27(31)34/h4-8,11-16,22H,2-3,9-10,17-20H2,1H3,(H,30,33)/t22-/m0/s1. The Morgan fingerprint density at radius 3 is 2.42 bits per heavy atom. The number of hydrogen-bond acceptors (Lipinski definition) is 5. The van der Waals surface area contributed by atoms with Gasteiger partial charge in [-0.1, -0.05) is 55.3 Å². The zero-order valence-corrected chi connectivity index (χ0v) is 20.6. The highest BCUT2D eigenvalue weighted by molar-refractivity contribution is 5.96. The molecule has 0 bridgehead atoms. The molecule has 1 atom stereocenters. The molecule has 0 unspecified atom stereocenters. The molecular weight excluding hydrogens is 456 g/mol. The lowest BCUT2D eigenvalue weighted by atomic mass is 10.0. The van der Waals surface area contributed by atoms with Crippen molar-refractivity contribution >= 4 is 11.8 Å². The molecule has 2 amide bonds. The van der Waals surface area contributed by atoms with E-state index in [1.807, 2.05) is 49.5 Å². The Morgan fingerprint density at radius 2 is 1.67 bits per heavy atom. The molecule has 3 aromatic rings. The number of carbonyl (C=O) groups is 2. The van der Waals surface area contributed by atoms with Crippen molar-refractivity contribution in [3.8, 4) is 5.75 Å². The number of carbonyl (C=O) groups excluding carboxylic acids is 2. The molecule has 0 saturated carbocycles. The highest BCUT2D eigenvalue weighted by Gasteiger charge is 2.28. The Morgan fingerprint density at radius 1 is 0.944 bits per heavy atom. The van der Waals surface area contributed by atoms with E-state index in [-0.39, 0.29) is 35.7 Å². The van der Waals surface area contributed by atoms with Crippen LogP contribution in [-0.2, 0) is 6.42 Å². The molecule has 0 saturated heterocycles. The quantitative estimate of drug-likeness (QED) is 0.608. The van der Waals surface area contributed by atoms with Crippen molar-refractivity contribution in [2.24, 2.45) is 0 Å². The average molecular weight is 489 g/mol. The molecule has 36 heavy (non-hydrogen) atoms. The maximum atomic E-state index is 13.6. The zero-order chi connectivity index (χ0) is 25.3. The number of fused-ring (bicyclic) bond motifs is 1. The summed E-state index contributed by atoms with van der Waals surface area (Å²) >= 11 is 0. The third-order valence-electron chi connectivity index (χ3n) is 6.45. The Balaban J connectivity index is 1.69. The van der Waals surface area contributed by atoms with Crippen molar-refractivity contribution < 1.29 is 14.3 Å². The molecule has 4 rings (SSSR count). The van der Waals surface area contributed by atoms with Gasteiger partial charge in [0.15, 0.2) is 0 Å². The van der Waals surface area contributed by atoms with Crippen molar-refractivity contribution in [3.63, 3.8) is 0 Å². The number of benzene rings is 2. The Hall–Kier alpha value is -3.94. The normalized spacial score (nSPS) is 17.6. The van der Waals surface area contributed by atoms with Gasteiger partial charge in [-0.05, 0) is 43.0 Å². The molecule has 1 aliphatic heterocycles. The van der Waals surface area contributed by atoms with Crippen LogP contribution < -0.4 is 10.3 Å². The van der Waals surface area contributed by atoms with Crippen molar-refractivity contribution in [2.45, 2.75) is 38.1 Å². The molecule has 0 radical (unpaired) electrons. The van der Waals surface area contributed by atoms with E-state index in [4.69, 9.17) is 4.74 Å². The number of nitrogens with zero attached hydrogens (tertiary/aromatic N) is 3. The summed E-state index contributed by atoms with van der Waals surface area (Å²) in [5.74, 6) is 0.165. The van der Waals surface area contributed by atoms with Crippen molar-refractivity contribution in [1.82, 2.24) is 20.0 Å². The van der Waals surface area contributed by atoms with Crippen LogP contribution in [0.15, 0.2) is 71.5 Å². The summed E-state index contributed by atoms with van der Waals surface area (Å²) in [6.45, 7) is 1.41. The van der Waals surface area contributed by atoms with Crippen molar-refractivity contribution in [1.29, 1.82) is 0 Å². The number of amides is 2. The van der Waals surface area contributed by atoms with Crippen molar-refractivity contribution in [3.05, 3.63) is 93.9 Å². The highest BCUT2D eigenvalue weighted by atomic mass is 16.5. The van der Waals surface area contributed by atoms with E-state index < -0.39 is 0 Å². The summed E-state index contributed by atoms with van der Waals surface area (Å²) in [5, 5.41) is 6.35. The van der Waals surface area contributed by atoms with Crippen LogP contribution in [0.25, 0.3) is 0 Å². The number of H-pyrrole nitrogens is 1. The van der Waals surface area contributed by atoms with Gasteiger partial charge in [-0.15, -0.1) is 0 Å². The summed E-state index contributed by atoms with van der Waals surface area (Å²) in [7, 11) is 1.82. The van der Waals surface area contributed by atoms with Crippen LogP contribution in [0.1, 0.15) is 52.1 Å². The number of rotatable bonds is 3. The molecule has 0 fully saturated rings. The van der Waals surface area contributed by atoms with Gasteiger partial charge in [0.25, 0.3) is 17.4 Å². The van der Waals surface area contributed by atoms with Crippen LogP contribution in [0.4, 0.5) is 0 Å². The van der Waals surface area contributed by atoms with Gasteiger partial charge in [-0.25, -0.2) is 5.10 Å². The summed E-state index contributed by atoms with van der Waals surface area (Å²) in [6.07, 6.45) is 4.16. The molecule has 2 aromatic carbocycles. The van der Waals surface area contributed by atoms with Gasteiger partial charge in [-0.2, -0.15) is 5.10 Å². The fourth-order valence-electron chi connectivity index (χ4n) is 4.45. The van der Waals surface area contributed by atoms with E-state index in [0.29, 0.717) is 30.8 Å². The van der Waals surface area contributed by atoms with E-state index in [1.54, 1.807) is 21.9 Å². The van der Waals surface area contributed by atoms with Gasteiger partial charge >= 0.3 is 0 Å². The first-order valence-corrected chi connectivity index (χ1v) is 12.4. The molecule has 8 nitrogen and oxygen atoms in total. The van der Waals surface area contributed by atoms with Gasteiger partial charge in [0.1, 0.15) is 18.1 Å². The Kier molecular flexibility index (Phi) is 8.49. The molecule has 1 N–H and O–H groups in total. The van der Waals surface area contributed by atoms with E-state index in [1.165, 1.54) is 12.1 Å². The predicted molar refractivity (Wildman–Crippen MR) is 137 cm³/mol. The fourth-order valence-corrected chi connectivity index (χ4v) is 4.45. The van der Waals surface area contributed by atoms with E-state index in [9.17, 15) is 14.4 Å². The first-order valence-electron chi connectivity index (χ1n) is 12.4. The largest absolute Gasteiger partial charge is 0.491 e. The second-order valence-electron chi connectivity index (χ2n) is 9.10. The van der Waals surface area contributed by atoms with Crippen molar-refractivity contribution in [2.75, 3.05) is 26.7 Å². The highest BCUT2D eigenvalue weighted by Crippen LogP contribution is 2.23. The van der Waals surface area contributed by atoms with Gasteiger partial charge in [0.2, 0.25) is 0 Å². The number of aromatic nitrogens is 2. The summed E-state index contributed by atoms with van der Waals surface area (Å²) in [5.41, 5.74) is 1.41. The number of ether oxygens (including phenoxy) is 1. The summed E-state index contributed by atoms with van der Waals surface area (Å²) in [4.78, 5) is 41.8. The first kappa shape index (κ1) is 25.2. The Labute approximate surface area is 210 Å². The van der Waals surface area contributed by atoms with Gasteiger partial charge in [0.05, 0.1) is 11.6 Å². The number of nitrogens with one attached hydrogen (secondary N) is 1. The van der Waals surface area contributed by atoms with Gasteiger partial charge < -0.3 is 14.5 Å². The number of aromatic amines is 1. The molecule has 2 heterocycles. The minimum Gasteiger partial charge on any atom is -0.491 e. The van der Waals surface area contributed by atoms with Crippen LogP contribution in [0.5, 0.6) is 5.75 Å². The topological polar surface area (TPSA) is 95.6 Å². The van der Waals surface area contributed by atoms with Crippen LogP contribution >= 0.6 is 0 Å². The third kappa shape index (κ3) is 6.38. The smallest absolute Gasteiger partial charge is 0.274 e. The lowest BCUT2D eigenvalue weighted by molar-refractivity contribution is 0.0592. The van der Waals surface area contributed by atoms with E-state index in [2.05, 4.69) is 10.2 Å². The molecule has 1 aliphatic rings. The van der Waals surface area contributed by atoms with Crippen LogP contribution in [0.3, 0.4) is 0 Å². The van der Waals surface area contributed by atoms with Gasteiger partial charge in [0, 0.05) is 26.2 Å². The second kappa shape index (κ2) is 12.2. The maximum Gasteiger partial charge on any atom is 0.274 e. The molecule has 0 aliphatic carbocycles. The fraction of sp³-hybridized carbons (Fsp3) is 0.357. The average Bonchev–Trinajstić information content (AvgIpc) is 2.90.